The molecule has 31 heavy (non-hydrogen) atoms. The number of phenolic OH excluding ortho intramolecular Hbond substituents is 1. The van der Waals surface area contributed by atoms with Gasteiger partial charge in [-0.3, -0.25) is 0 Å². The van der Waals surface area contributed by atoms with E-state index >= 15 is 0 Å². The lowest BCUT2D eigenvalue weighted by atomic mass is 9.78. The highest BCUT2D eigenvalue weighted by Gasteiger charge is 2.25. The average Bonchev–Trinajstić information content (AvgIpc) is 3.09. The predicted octanol–water partition coefficient (Wildman–Crippen LogP) is 7.04. The first kappa shape index (κ1) is 21.4. The van der Waals surface area contributed by atoms with E-state index in [4.69, 9.17) is 11.6 Å². The first-order chi connectivity index (χ1) is 14.4. The third kappa shape index (κ3) is 4.17. The molecule has 0 saturated carbocycles. The molecule has 1 heterocycles. The number of nitrogens with zero attached hydrogens (tertiary/aromatic N) is 3. The summed E-state index contributed by atoms with van der Waals surface area (Å²) in [7, 11) is 0. The Morgan fingerprint density at radius 2 is 1.42 bits per heavy atom. The zero-order chi connectivity index (χ0) is 22.6. The fraction of sp³-hybridized carbons (Fsp3) is 0.308. The van der Waals surface area contributed by atoms with Gasteiger partial charge >= 0.3 is 0 Å². The highest BCUT2D eigenvalue weighted by molar-refractivity contribution is 6.31. The van der Waals surface area contributed by atoms with Gasteiger partial charge in [-0.2, -0.15) is 4.80 Å². The lowest BCUT2D eigenvalue weighted by molar-refractivity contribution is 0.446. The fourth-order valence-corrected chi connectivity index (χ4v) is 3.80. The summed E-state index contributed by atoms with van der Waals surface area (Å²) in [4.78, 5) is 1.61. The van der Waals surface area contributed by atoms with E-state index in [9.17, 15) is 5.11 Å². The summed E-state index contributed by atoms with van der Waals surface area (Å²) in [5, 5.41) is 20.8. The number of halogens is 1. The first-order valence-electron chi connectivity index (χ1n) is 10.4. The molecule has 4 rings (SSSR count). The molecule has 3 aromatic carbocycles. The van der Waals surface area contributed by atoms with Crippen LogP contribution in [0.3, 0.4) is 0 Å². The minimum Gasteiger partial charge on any atom is -0.507 e. The number of hydrogen-bond donors (Lipinski definition) is 1. The van der Waals surface area contributed by atoms with Crippen molar-refractivity contribution in [3.63, 3.8) is 0 Å². The Kier molecular flexibility index (Phi) is 5.09. The summed E-state index contributed by atoms with van der Waals surface area (Å²) in [5.41, 5.74) is 6.15. The lowest BCUT2D eigenvalue weighted by Crippen LogP contribution is -2.17. The predicted molar refractivity (Wildman–Crippen MR) is 128 cm³/mol. The highest BCUT2D eigenvalue weighted by Crippen LogP contribution is 2.42. The molecule has 0 bridgehead atoms. The van der Waals surface area contributed by atoms with Crippen molar-refractivity contribution in [3.8, 4) is 22.6 Å². The van der Waals surface area contributed by atoms with E-state index in [1.54, 1.807) is 10.9 Å². The van der Waals surface area contributed by atoms with Crippen LogP contribution < -0.4 is 0 Å². The quantitative estimate of drug-likeness (QED) is 0.368. The van der Waals surface area contributed by atoms with Crippen LogP contribution in [-0.4, -0.2) is 20.1 Å². The third-order valence-electron chi connectivity index (χ3n) is 5.54. The lowest BCUT2D eigenvalue weighted by Gasteiger charge is -2.27. The number of aromatic hydroxyl groups is 1. The monoisotopic (exact) mass is 433 g/mol. The summed E-state index contributed by atoms with van der Waals surface area (Å²) in [6.45, 7) is 13.0. The summed E-state index contributed by atoms with van der Waals surface area (Å²) in [6.07, 6.45) is 0. The van der Waals surface area contributed by atoms with Gasteiger partial charge in [0, 0.05) is 16.1 Å². The Hall–Kier alpha value is -2.85. The molecule has 160 valence electrons. The Morgan fingerprint density at radius 1 is 0.774 bits per heavy atom. The van der Waals surface area contributed by atoms with E-state index in [2.05, 4.69) is 63.9 Å². The molecule has 5 heteroatoms. The average molecular weight is 434 g/mol. The molecule has 0 fully saturated rings. The van der Waals surface area contributed by atoms with Crippen LogP contribution in [0.1, 0.15) is 52.7 Å². The van der Waals surface area contributed by atoms with E-state index in [1.807, 2.05) is 36.4 Å². The van der Waals surface area contributed by atoms with E-state index in [-0.39, 0.29) is 10.8 Å². The van der Waals surface area contributed by atoms with Crippen molar-refractivity contribution < 1.29 is 5.11 Å². The maximum Gasteiger partial charge on any atom is 0.127 e. The second-order valence-corrected chi connectivity index (χ2v) is 10.5. The van der Waals surface area contributed by atoms with Gasteiger partial charge in [0.05, 0.1) is 5.69 Å². The standard InChI is InChI=1S/C26H28ClN3O/c1-25(2,3)17-13-20(24(31)21(14-17)26(4,5)6)16-7-10-19(11-8-16)30-28-22-12-9-18(27)15-23(22)29-30/h7-15,31H,1-6H3. The Morgan fingerprint density at radius 3 is 2.03 bits per heavy atom. The molecule has 0 unspecified atom stereocenters. The largest absolute Gasteiger partial charge is 0.507 e. The second-order valence-electron chi connectivity index (χ2n) is 10.1. The molecule has 0 radical (unpaired) electrons. The molecule has 0 spiro atoms. The van der Waals surface area contributed by atoms with Crippen LogP contribution in [-0.2, 0) is 10.8 Å². The summed E-state index contributed by atoms with van der Waals surface area (Å²) in [5.74, 6) is 0.339. The Labute approximate surface area is 188 Å². The number of hydrogen-bond acceptors (Lipinski definition) is 3. The van der Waals surface area contributed by atoms with Crippen LogP contribution in [0, 0.1) is 0 Å². The van der Waals surface area contributed by atoms with Gasteiger partial charge in [0.1, 0.15) is 16.8 Å². The van der Waals surface area contributed by atoms with Gasteiger partial charge in [-0.05, 0) is 58.4 Å². The van der Waals surface area contributed by atoms with Crippen molar-refractivity contribution in [2.24, 2.45) is 0 Å². The van der Waals surface area contributed by atoms with E-state index in [0.717, 1.165) is 33.4 Å². The number of phenols is 1. The number of aromatic nitrogens is 3. The molecule has 0 saturated heterocycles. The number of rotatable bonds is 2. The SMILES string of the molecule is CC(C)(C)c1cc(-c2ccc(-n3nc4ccc(Cl)cc4n3)cc2)c(O)c(C(C)(C)C)c1. The van der Waals surface area contributed by atoms with Crippen LogP contribution in [0.2, 0.25) is 5.02 Å². The van der Waals surface area contributed by atoms with Crippen LogP contribution >= 0.6 is 11.6 Å². The van der Waals surface area contributed by atoms with Crippen molar-refractivity contribution in [2.45, 2.75) is 52.4 Å². The van der Waals surface area contributed by atoms with Crippen molar-refractivity contribution >= 4 is 22.6 Å². The van der Waals surface area contributed by atoms with Crippen molar-refractivity contribution in [2.75, 3.05) is 0 Å². The molecule has 4 nitrogen and oxygen atoms in total. The second kappa shape index (κ2) is 7.38. The maximum atomic E-state index is 11.1. The normalized spacial score (nSPS) is 12.5. The third-order valence-corrected chi connectivity index (χ3v) is 5.77. The van der Waals surface area contributed by atoms with Crippen LogP contribution in [0.15, 0.2) is 54.6 Å². The minimum atomic E-state index is -0.166. The van der Waals surface area contributed by atoms with Crippen molar-refractivity contribution in [3.05, 3.63) is 70.7 Å². The highest BCUT2D eigenvalue weighted by atomic mass is 35.5. The minimum absolute atomic E-state index is 0.0250. The topological polar surface area (TPSA) is 50.9 Å². The molecule has 0 amide bonds. The number of benzene rings is 3. The summed E-state index contributed by atoms with van der Waals surface area (Å²) >= 11 is 6.07. The Bertz CT molecular complexity index is 1260. The summed E-state index contributed by atoms with van der Waals surface area (Å²) in [6, 6.07) is 17.7. The van der Waals surface area contributed by atoms with Crippen molar-refractivity contribution in [1.82, 2.24) is 15.0 Å². The molecule has 1 aromatic heterocycles. The zero-order valence-electron chi connectivity index (χ0n) is 18.9. The molecular weight excluding hydrogens is 406 g/mol. The van der Waals surface area contributed by atoms with Crippen LogP contribution in [0.4, 0.5) is 0 Å². The van der Waals surface area contributed by atoms with Gasteiger partial charge < -0.3 is 5.11 Å². The van der Waals surface area contributed by atoms with E-state index < -0.39 is 0 Å². The van der Waals surface area contributed by atoms with Gasteiger partial charge in [-0.1, -0.05) is 71.3 Å². The van der Waals surface area contributed by atoms with Gasteiger partial charge in [-0.25, -0.2) is 0 Å². The van der Waals surface area contributed by atoms with Gasteiger partial charge in [-0.15, -0.1) is 10.2 Å². The van der Waals surface area contributed by atoms with Crippen LogP contribution in [0.5, 0.6) is 5.75 Å². The molecule has 4 aromatic rings. The number of fused-ring (bicyclic) bond motifs is 1. The van der Waals surface area contributed by atoms with Crippen LogP contribution in [0.25, 0.3) is 27.8 Å². The summed E-state index contributed by atoms with van der Waals surface area (Å²) < 4.78 is 0. The molecule has 0 aliphatic carbocycles. The Balaban J connectivity index is 1.79. The van der Waals surface area contributed by atoms with Gasteiger partial charge in [0.2, 0.25) is 0 Å². The molecular formula is C26H28ClN3O. The zero-order valence-corrected chi connectivity index (χ0v) is 19.6. The van der Waals surface area contributed by atoms with E-state index in [1.165, 1.54) is 5.56 Å². The smallest absolute Gasteiger partial charge is 0.127 e. The fourth-order valence-electron chi connectivity index (χ4n) is 3.64. The molecule has 0 aliphatic heterocycles. The molecule has 1 N–H and O–H groups in total. The van der Waals surface area contributed by atoms with E-state index in [0.29, 0.717) is 10.8 Å². The van der Waals surface area contributed by atoms with Gasteiger partial charge in [0.25, 0.3) is 0 Å². The molecule has 0 aliphatic rings. The maximum absolute atomic E-state index is 11.1. The first-order valence-corrected chi connectivity index (χ1v) is 10.8. The van der Waals surface area contributed by atoms with Crippen molar-refractivity contribution in [1.29, 1.82) is 0 Å². The van der Waals surface area contributed by atoms with Gasteiger partial charge in [0.15, 0.2) is 0 Å². The molecule has 0 atom stereocenters.